The number of carbonyl (C=O) groups is 2. The lowest BCUT2D eigenvalue weighted by atomic mass is 10.1. The van der Waals surface area contributed by atoms with Crippen molar-refractivity contribution in [1.29, 1.82) is 0 Å². The fourth-order valence-electron chi connectivity index (χ4n) is 2.27. The summed E-state index contributed by atoms with van der Waals surface area (Å²) >= 11 is 5.87. The van der Waals surface area contributed by atoms with Gasteiger partial charge in [-0.3, -0.25) is 9.59 Å². The van der Waals surface area contributed by atoms with Crippen molar-refractivity contribution in [3.05, 3.63) is 64.7 Å². The number of nitrogens with one attached hydrogen (secondary N) is 2. The highest BCUT2D eigenvalue weighted by molar-refractivity contribution is 6.30. The lowest BCUT2D eigenvalue weighted by Gasteiger charge is -2.14. The molecule has 132 valence electrons. The maximum absolute atomic E-state index is 12.1. The number of nitrogens with zero attached hydrogens (tertiary/aromatic N) is 1. The zero-order chi connectivity index (χ0) is 18.4. The highest BCUT2D eigenvalue weighted by atomic mass is 35.5. The van der Waals surface area contributed by atoms with Crippen LogP contribution in [-0.4, -0.2) is 37.4 Å². The average Bonchev–Trinajstić information content (AvgIpc) is 2.60. The first-order valence-corrected chi connectivity index (χ1v) is 8.35. The summed E-state index contributed by atoms with van der Waals surface area (Å²) in [7, 11) is 3.40. The van der Waals surface area contributed by atoms with Gasteiger partial charge in [-0.15, -0.1) is 0 Å². The number of benzene rings is 2. The number of rotatable bonds is 6. The summed E-state index contributed by atoms with van der Waals surface area (Å²) in [5, 5.41) is 6.66. The Morgan fingerprint density at radius 1 is 1.04 bits per heavy atom. The summed E-state index contributed by atoms with van der Waals surface area (Å²) in [4.78, 5) is 25.4. The second-order valence-corrected chi connectivity index (χ2v) is 6.42. The number of anilines is 1. The van der Waals surface area contributed by atoms with Crippen LogP contribution < -0.4 is 10.6 Å². The van der Waals surface area contributed by atoms with E-state index in [4.69, 9.17) is 11.6 Å². The third kappa shape index (κ3) is 5.59. The molecule has 0 aliphatic rings. The number of carbonyl (C=O) groups excluding carboxylic acids is 2. The van der Waals surface area contributed by atoms with Gasteiger partial charge in [-0.2, -0.15) is 0 Å². The van der Waals surface area contributed by atoms with E-state index in [1.54, 1.807) is 38.4 Å². The molecule has 0 spiro atoms. The lowest BCUT2D eigenvalue weighted by Crippen LogP contribution is -2.30. The molecule has 0 heterocycles. The fraction of sp³-hybridized carbons (Fsp3) is 0.263. The van der Waals surface area contributed by atoms with Gasteiger partial charge < -0.3 is 15.5 Å². The molecular weight excluding hydrogens is 338 g/mol. The Labute approximate surface area is 153 Å². The van der Waals surface area contributed by atoms with Crippen molar-refractivity contribution < 1.29 is 9.59 Å². The highest BCUT2D eigenvalue weighted by Crippen LogP contribution is 2.16. The van der Waals surface area contributed by atoms with Gasteiger partial charge in [-0.05, 0) is 48.9 Å². The van der Waals surface area contributed by atoms with Crippen LogP contribution in [0.4, 0.5) is 5.69 Å². The van der Waals surface area contributed by atoms with Crippen molar-refractivity contribution in [2.45, 2.75) is 13.0 Å². The van der Waals surface area contributed by atoms with Gasteiger partial charge in [0, 0.05) is 36.4 Å². The van der Waals surface area contributed by atoms with E-state index in [2.05, 4.69) is 10.6 Å². The van der Waals surface area contributed by atoms with Gasteiger partial charge in [-0.1, -0.05) is 23.7 Å². The van der Waals surface area contributed by atoms with E-state index in [-0.39, 0.29) is 24.4 Å². The molecule has 2 rings (SSSR count). The van der Waals surface area contributed by atoms with Crippen molar-refractivity contribution in [3.63, 3.8) is 0 Å². The molecule has 0 unspecified atom stereocenters. The van der Waals surface area contributed by atoms with E-state index in [0.717, 1.165) is 5.56 Å². The average molecular weight is 360 g/mol. The van der Waals surface area contributed by atoms with E-state index >= 15 is 0 Å². The van der Waals surface area contributed by atoms with Crippen LogP contribution in [0.5, 0.6) is 0 Å². The van der Waals surface area contributed by atoms with Crippen molar-refractivity contribution in [2.24, 2.45) is 0 Å². The zero-order valence-electron chi connectivity index (χ0n) is 14.5. The van der Waals surface area contributed by atoms with Crippen LogP contribution in [0.2, 0.25) is 5.02 Å². The Morgan fingerprint density at radius 3 is 2.20 bits per heavy atom. The summed E-state index contributed by atoms with van der Waals surface area (Å²) in [5.41, 5.74) is 2.29. The first kappa shape index (κ1) is 19.0. The van der Waals surface area contributed by atoms with Crippen LogP contribution in [0.15, 0.2) is 48.5 Å². The summed E-state index contributed by atoms with van der Waals surface area (Å²) in [5.74, 6) is -0.219. The standard InChI is InChI=1S/C19H22ClN3O2/c1-13(14-4-8-16(20)9-5-14)21-12-18(24)22-17-10-6-15(7-11-17)19(25)23(2)3/h4-11,13,21H,12H2,1-3H3,(H,22,24)/t13-/m0/s1. The smallest absolute Gasteiger partial charge is 0.253 e. The van der Waals surface area contributed by atoms with E-state index in [0.29, 0.717) is 16.3 Å². The van der Waals surface area contributed by atoms with Crippen molar-refractivity contribution in [2.75, 3.05) is 26.0 Å². The van der Waals surface area contributed by atoms with E-state index in [1.807, 2.05) is 31.2 Å². The van der Waals surface area contributed by atoms with Crippen LogP contribution in [0.25, 0.3) is 0 Å². The first-order valence-electron chi connectivity index (χ1n) is 7.97. The molecule has 6 heteroatoms. The molecule has 2 amide bonds. The molecule has 2 aromatic rings. The predicted octanol–water partition coefficient (Wildman–Crippen LogP) is 3.33. The Morgan fingerprint density at radius 2 is 1.64 bits per heavy atom. The maximum atomic E-state index is 12.1. The number of amides is 2. The molecule has 0 aromatic heterocycles. The van der Waals surface area contributed by atoms with Crippen molar-refractivity contribution in [1.82, 2.24) is 10.2 Å². The largest absolute Gasteiger partial charge is 0.345 e. The molecule has 0 saturated heterocycles. The van der Waals surface area contributed by atoms with Gasteiger partial charge in [0.25, 0.3) is 5.91 Å². The van der Waals surface area contributed by atoms with Crippen LogP contribution in [0.3, 0.4) is 0 Å². The van der Waals surface area contributed by atoms with Gasteiger partial charge in [0.1, 0.15) is 0 Å². The third-order valence-electron chi connectivity index (χ3n) is 3.76. The Kier molecular flexibility index (Phi) is 6.56. The third-order valence-corrected chi connectivity index (χ3v) is 4.01. The molecule has 0 aliphatic carbocycles. The monoisotopic (exact) mass is 359 g/mol. The van der Waals surface area contributed by atoms with Crippen molar-refractivity contribution >= 4 is 29.1 Å². The zero-order valence-corrected chi connectivity index (χ0v) is 15.3. The summed E-state index contributed by atoms with van der Waals surface area (Å²) in [6.07, 6.45) is 0. The molecule has 2 aromatic carbocycles. The van der Waals surface area contributed by atoms with Gasteiger partial charge >= 0.3 is 0 Å². The molecule has 2 N–H and O–H groups in total. The topological polar surface area (TPSA) is 61.4 Å². The Hall–Kier alpha value is -2.37. The summed E-state index contributed by atoms with van der Waals surface area (Å²) < 4.78 is 0. The second kappa shape index (κ2) is 8.65. The second-order valence-electron chi connectivity index (χ2n) is 5.98. The van der Waals surface area contributed by atoms with Crippen LogP contribution in [0, 0.1) is 0 Å². The van der Waals surface area contributed by atoms with Crippen LogP contribution in [-0.2, 0) is 4.79 Å². The SMILES string of the molecule is C[C@H](NCC(=O)Nc1ccc(C(=O)N(C)C)cc1)c1ccc(Cl)cc1. The molecule has 0 radical (unpaired) electrons. The Bertz CT molecular complexity index is 727. The quantitative estimate of drug-likeness (QED) is 0.831. The minimum atomic E-state index is -0.146. The number of halogens is 1. The molecule has 25 heavy (non-hydrogen) atoms. The van der Waals surface area contributed by atoms with E-state index in [1.165, 1.54) is 4.90 Å². The van der Waals surface area contributed by atoms with Gasteiger partial charge in [-0.25, -0.2) is 0 Å². The Balaban J connectivity index is 1.85. The fourth-order valence-corrected chi connectivity index (χ4v) is 2.40. The van der Waals surface area contributed by atoms with Crippen molar-refractivity contribution in [3.8, 4) is 0 Å². The van der Waals surface area contributed by atoms with Gasteiger partial charge in [0.15, 0.2) is 0 Å². The lowest BCUT2D eigenvalue weighted by molar-refractivity contribution is -0.115. The van der Waals surface area contributed by atoms with Crippen LogP contribution >= 0.6 is 11.6 Å². The first-order chi connectivity index (χ1) is 11.9. The van der Waals surface area contributed by atoms with Gasteiger partial charge in [0.2, 0.25) is 5.91 Å². The van der Waals surface area contributed by atoms with E-state index < -0.39 is 0 Å². The molecule has 0 saturated carbocycles. The molecular formula is C19H22ClN3O2. The minimum absolute atomic E-state index is 0.0307. The molecule has 1 atom stereocenters. The molecule has 0 fully saturated rings. The van der Waals surface area contributed by atoms with Gasteiger partial charge in [0.05, 0.1) is 6.54 Å². The predicted molar refractivity (Wildman–Crippen MR) is 101 cm³/mol. The molecule has 0 aliphatic heterocycles. The van der Waals surface area contributed by atoms with E-state index in [9.17, 15) is 9.59 Å². The number of hydrogen-bond donors (Lipinski definition) is 2. The molecule has 0 bridgehead atoms. The highest BCUT2D eigenvalue weighted by Gasteiger charge is 2.10. The summed E-state index contributed by atoms with van der Waals surface area (Å²) in [6, 6.07) is 14.4. The van der Waals surface area contributed by atoms with Crippen LogP contribution in [0.1, 0.15) is 28.9 Å². The summed E-state index contributed by atoms with van der Waals surface area (Å²) in [6.45, 7) is 2.17. The molecule has 5 nitrogen and oxygen atoms in total. The normalized spacial score (nSPS) is 11.7. The number of hydrogen-bond acceptors (Lipinski definition) is 3. The minimum Gasteiger partial charge on any atom is -0.345 e. The maximum Gasteiger partial charge on any atom is 0.253 e.